The third kappa shape index (κ3) is 3.86. The topological polar surface area (TPSA) is 45.2 Å². The number of thiazole rings is 1. The molecule has 0 bridgehead atoms. The predicted octanol–water partition coefficient (Wildman–Crippen LogP) is 3.14. The molecule has 1 amide bonds. The molecule has 0 saturated heterocycles. The van der Waals surface area contributed by atoms with E-state index in [1.165, 1.54) is 21.1 Å². The van der Waals surface area contributed by atoms with E-state index in [0.29, 0.717) is 11.7 Å². The molecule has 1 N–H and O–H groups in total. The molecule has 102 valence electrons. The number of aryl methyl sites for hydroxylation is 1. The Morgan fingerprint density at radius 3 is 2.89 bits per heavy atom. The maximum Gasteiger partial charge on any atom is 0.240 e. The largest absolute Gasteiger partial charge is 0.301 e. The van der Waals surface area contributed by atoms with Crippen molar-refractivity contribution < 1.29 is 4.79 Å². The van der Waals surface area contributed by atoms with Gasteiger partial charge in [0.25, 0.3) is 0 Å². The van der Waals surface area contributed by atoms with Crippen LogP contribution in [0.3, 0.4) is 0 Å². The Morgan fingerprint density at radius 1 is 1.53 bits per heavy atom. The molecule has 19 heavy (non-hydrogen) atoms. The summed E-state index contributed by atoms with van der Waals surface area (Å²) in [7, 11) is 1.96. The van der Waals surface area contributed by atoms with E-state index in [2.05, 4.69) is 36.3 Å². The molecule has 1 atom stereocenters. The van der Waals surface area contributed by atoms with Crippen LogP contribution in [0.5, 0.6) is 0 Å². The number of likely N-dealkylation sites (N-methyl/N-ethyl adjacent to an activating group) is 1. The molecule has 0 fully saturated rings. The molecule has 2 aromatic heterocycles. The standard InChI is InChI=1S/C13H17N3OS2/c1-9-4-5-11(19-9)10(2)16(3)8-12(17)15-13-14-6-7-18-13/h4-7,10H,8H2,1-3H3,(H,14,15,17)/t10-/m1/s1. The van der Waals surface area contributed by atoms with Crippen molar-refractivity contribution in [2.45, 2.75) is 19.9 Å². The number of thiophene rings is 1. The summed E-state index contributed by atoms with van der Waals surface area (Å²) >= 11 is 3.20. The van der Waals surface area contributed by atoms with E-state index < -0.39 is 0 Å². The molecule has 6 heteroatoms. The second-order valence-electron chi connectivity index (χ2n) is 4.42. The zero-order valence-corrected chi connectivity index (χ0v) is 12.8. The minimum Gasteiger partial charge on any atom is -0.301 e. The predicted molar refractivity (Wildman–Crippen MR) is 80.8 cm³/mol. The van der Waals surface area contributed by atoms with Crippen molar-refractivity contribution in [1.82, 2.24) is 9.88 Å². The summed E-state index contributed by atoms with van der Waals surface area (Å²) in [4.78, 5) is 20.5. The molecule has 0 radical (unpaired) electrons. The Labute approximate surface area is 121 Å². The van der Waals surface area contributed by atoms with Crippen LogP contribution < -0.4 is 5.32 Å². The van der Waals surface area contributed by atoms with Crippen LogP contribution in [0.1, 0.15) is 22.7 Å². The highest BCUT2D eigenvalue weighted by Gasteiger charge is 2.16. The van der Waals surface area contributed by atoms with Crippen molar-refractivity contribution >= 4 is 33.7 Å². The summed E-state index contributed by atoms with van der Waals surface area (Å²) in [6.07, 6.45) is 1.68. The number of aromatic nitrogens is 1. The minimum atomic E-state index is -0.0300. The molecular weight excluding hydrogens is 278 g/mol. The number of nitrogens with zero attached hydrogens (tertiary/aromatic N) is 2. The van der Waals surface area contributed by atoms with Gasteiger partial charge in [-0.1, -0.05) is 0 Å². The lowest BCUT2D eigenvalue weighted by atomic mass is 10.2. The Balaban J connectivity index is 1.89. The average molecular weight is 295 g/mol. The Bertz CT molecular complexity index is 536. The highest BCUT2D eigenvalue weighted by Crippen LogP contribution is 2.26. The molecule has 0 spiro atoms. The van der Waals surface area contributed by atoms with Gasteiger partial charge in [0.2, 0.25) is 5.91 Å². The van der Waals surface area contributed by atoms with Crippen molar-refractivity contribution in [1.29, 1.82) is 0 Å². The van der Waals surface area contributed by atoms with Gasteiger partial charge >= 0.3 is 0 Å². The van der Waals surface area contributed by atoms with Gasteiger partial charge in [-0.2, -0.15) is 0 Å². The van der Waals surface area contributed by atoms with Crippen molar-refractivity contribution in [2.75, 3.05) is 18.9 Å². The minimum absolute atomic E-state index is 0.0300. The zero-order chi connectivity index (χ0) is 13.8. The van der Waals surface area contributed by atoms with E-state index in [0.717, 1.165) is 0 Å². The van der Waals surface area contributed by atoms with Crippen LogP contribution in [0.25, 0.3) is 0 Å². The van der Waals surface area contributed by atoms with Crippen molar-refractivity contribution in [2.24, 2.45) is 0 Å². The molecule has 4 nitrogen and oxygen atoms in total. The Kier molecular flexibility index (Phi) is 4.68. The number of hydrogen-bond acceptors (Lipinski definition) is 5. The van der Waals surface area contributed by atoms with E-state index >= 15 is 0 Å². The number of hydrogen-bond donors (Lipinski definition) is 1. The van der Waals surface area contributed by atoms with E-state index in [1.54, 1.807) is 17.5 Å². The van der Waals surface area contributed by atoms with Crippen LogP contribution in [0.4, 0.5) is 5.13 Å². The van der Waals surface area contributed by atoms with E-state index in [9.17, 15) is 4.79 Å². The van der Waals surface area contributed by atoms with Gasteiger partial charge in [0.05, 0.1) is 6.54 Å². The van der Waals surface area contributed by atoms with E-state index in [1.807, 2.05) is 17.3 Å². The molecule has 0 unspecified atom stereocenters. The summed E-state index contributed by atoms with van der Waals surface area (Å²) < 4.78 is 0. The fraction of sp³-hybridized carbons (Fsp3) is 0.385. The van der Waals surface area contributed by atoms with Gasteiger partial charge in [-0.05, 0) is 33.0 Å². The average Bonchev–Trinajstić information content (AvgIpc) is 2.99. The Morgan fingerprint density at radius 2 is 2.32 bits per heavy atom. The maximum absolute atomic E-state index is 11.9. The molecule has 2 aromatic rings. The number of carbonyl (C=O) groups excluding carboxylic acids is 1. The van der Waals surface area contributed by atoms with Crippen molar-refractivity contribution in [3.05, 3.63) is 33.5 Å². The van der Waals surface area contributed by atoms with Crippen LogP contribution in [0.15, 0.2) is 23.7 Å². The van der Waals surface area contributed by atoms with E-state index in [4.69, 9.17) is 0 Å². The first kappa shape index (κ1) is 14.2. The quantitative estimate of drug-likeness (QED) is 0.921. The third-order valence-electron chi connectivity index (χ3n) is 2.91. The van der Waals surface area contributed by atoms with Gasteiger partial charge in [-0.3, -0.25) is 9.69 Å². The van der Waals surface area contributed by atoms with Crippen molar-refractivity contribution in [3.8, 4) is 0 Å². The van der Waals surface area contributed by atoms with Crippen LogP contribution in [0.2, 0.25) is 0 Å². The second kappa shape index (κ2) is 6.27. The first-order valence-corrected chi connectivity index (χ1v) is 7.72. The number of anilines is 1. The summed E-state index contributed by atoms with van der Waals surface area (Å²) in [6, 6.07) is 4.47. The Hall–Kier alpha value is -1.24. The molecule has 0 aliphatic carbocycles. The lowest BCUT2D eigenvalue weighted by Crippen LogP contribution is -2.31. The van der Waals surface area contributed by atoms with Gasteiger partial charge in [0, 0.05) is 27.4 Å². The first-order chi connectivity index (χ1) is 9.06. The van der Waals surface area contributed by atoms with Gasteiger partial charge in [-0.15, -0.1) is 22.7 Å². The van der Waals surface area contributed by atoms with Crippen molar-refractivity contribution in [3.63, 3.8) is 0 Å². The zero-order valence-electron chi connectivity index (χ0n) is 11.2. The molecule has 2 rings (SSSR count). The highest BCUT2D eigenvalue weighted by molar-refractivity contribution is 7.13. The normalized spacial score (nSPS) is 12.6. The smallest absolute Gasteiger partial charge is 0.240 e. The molecule has 0 aromatic carbocycles. The molecule has 0 saturated carbocycles. The second-order valence-corrected chi connectivity index (χ2v) is 6.64. The SMILES string of the molecule is Cc1ccc([C@@H](C)N(C)CC(=O)Nc2nccs2)s1. The monoisotopic (exact) mass is 295 g/mol. The number of carbonyl (C=O) groups is 1. The molecule has 0 aliphatic heterocycles. The first-order valence-electron chi connectivity index (χ1n) is 6.02. The fourth-order valence-electron chi connectivity index (χ4n) is 1.70. The molecule has 2 heterocycles. The number of amides is 1. The van der Waals surface area contributed by atoms with Crippen LogP contribution in [-0.4, -0.2) is 29.4 Å². The third-order valence-corrected chi connectivity index (χ3v) is 4.77. The lowest BCUT2D eigenvalue weighted by Gasteiger charge is -2.22. The van der Waals surface area contributed by atoms with Gasteiger partial charge in [-0.25, -0.2) is 4.98 Å². The molecular formula is C13H17N3OS2. The maximum atomic E-state index is 11.9. The summed E-state index contributed by atoms with van der Waals surface area (Å²) in [6.45, 7) is 4.57. The van der Waals surface area contributed by atoms with Crippen LogP contribution in [0, 0.1) is 6.92 Å². The van der Waals surface area contributed by atoms with Crippen LogP contribution in [-0.2, 0) is 4.79 Å². The van der Waals surface area contributed by atoms with Gasteiger partial charge in [0.15, 0.2) is 5.13 Å². The van der Waals surface area contributed by atoms with Crippen LogP contribution >= 0.6 is 22.7 Å². The van der Waals surface area contributed by atoms with Gasteiger partial charge < -0.3 is 5.32 Å². The summed E-state index contributed by atoms with van der Waals surface area (Å²) in [5.74, 6) is -0.0300. The lowest BCUT2D eigenvalue weighted by molar-refractivity contribution is -0.117. The summed E-state index contributed by atoms with van der Waals surface area (Å²) in [5, 5.41) is 5.29. The van der Waals surface area contributed by atoms with E-state index in [-0.39, 0.29) is 11.9 Å². The summed E-state index contributed by atoms with van der Waals surface area (Å²) in [5.41, 5.74) is 0. The fourth-order valence-corrected chi connectivity index (χ4v) is 3.24. The molecule has 0 aliphatic rings. The highest BCUT2D eigenvalue weighted by atomic mass is 32.1. The van der Waals surface area contributed by atoms with Gasteiger partial charge in [0.1, 0.15) is 0 Å². The number of rotatable bonds is 5. The number of nitrogens with one attached hydrogen (secondary N) is 1.